The van der Waals surface area contributed by atoms with Gasteiger partial charge in [0.15, 0.2) is 23.7 Å². The van der Waals surface area contributed by atoms with Crippen LogP contribution in [0.15, 0.2) is 17.1 Å². The maximum Gasteiger partial charge on any atom is 0.338 e. The number of nitrogens with zero attached hydrogens (tertiary/aromatic N) is 3. The van der Waals surface area contributed by atoms with Crippen LogP contribution >= 0.6 is 11.6 Å². The highest BCUT2D eigenvalue weighted by Gasteiger charge is 2.49. The Kier molecular flexibility index (Phi) is 8.01. The summed E-state index contributed by atoms with van der Waals surface area (Å²) in [5.74, 6) is 0.0313. The summed E-state index contributed by atoms with van der Waals surface area (Å²) in [5.41, 5.74) is 0.188. The second-order valence-corrected chi connectivity index (χ2v) is 8.12. The minimum atomic E-state index is -0.649. The van der Waals surface area contributed by atoms with Gasteiger partial charge in [0.2, 0.25) is 0 Å². The van der Waals surface area contributed by atoms with Crippen LogP contribution in [0, 0.1) is 0 Å². The van der Waals surface area contributed by atoms with Gasteiger partial charge in [-0.1, -0.05) is 31.9 Å². The summed E-state index contributed by atoms with van der Waals surface area (Å²) < 4.78 is 15.9. The highest BCUT2D eigenvalue weighted by atomic mass is 35.5. The van der Waals surface area contributed by atoms with Gasteiger partial charge in [-0.2, -0.15) is 0 Å². The molecule has 1 aromatic rings. The number of amidine groups is 1. The zero-order valence-electron chi connectivity index (χ0n) is 19.2. The number of benzene rings is 1. The number of esters is 1. The molecule has 3 rings (SSSR count). The van der Waals surface area contributed by atoms with Gasteiger partial charge in [-0.15, -0.1) is 0 Å². The van der Waals surface area contributed by atoms with Crippen molar-refractivity contribution in [3.8, 4) is 11.5 Å². The molecule has 0 saturated carbocycles. The maximum absolute atomic E-state index is 12.7. The number of hydrogen-bond acceptors (Lipinski definition) is 8. The number of carbonyl (C=O) groups is 3. The minimum Gasteiger partial charge on any atom is -0.493 e. The number of methoxy groups -OCH3 is 2. The molecule has 2 unspecified atom stereocenters. The molecule has 33 heavy (non-hydrogen) atoms. The molecule has 0 aliphatic carbocycles. The largest absolute Gasteiger partial charge is 0.493 e. The molecular formula is C22H29ClN4O6. The number of imide groups is 1. The summed E-state index contributed by atoms with van der Waals surface area (Å²) in [5, 5.41) is 2.63. The molecule has 1 fully saturated rings. The van der Waals surface area contributed by atoms with Gasteiger partial charge in [-0.3, -0.25) is 15.0 Å². The molecular weight excluding hydrogens is 452 g/mol. The van der Waals surface area contributed by atoms with E-state index in [1.54, 1.807) is 9.80 Å². The third kappa shape index (κ3) is 5.00. The average Bonchev–Trinajstić information content (AvgIpc) is 3.15. The minimum absolute atomic E-state index is 0.152. The van der Waals surface area contributed by atoms with E-state index in [1.165, 1.54) is 26.4 Å². The second kappa shape index (κ2) is 10.7. The number of halogens is 1. The average molecular weight is 481 g/mol. The number of aliphatic imine (C=N–C) groups is 1. The van der Waals surface area contributed by atoms with Crippen molar-refractivity contribution in [3.63, 3.8) is 0 Å². The SMILES string of the molecule is CCCCN1C(=O)NC(=O)C2C1N=C(COC(=O)c1cc(Cl)c(OC)c(OC)c1)N2CCC. The van der Waals surface area contributed by atoms with Gasteiger partial charge in [0.05, 0.1) is 24.8 Å². The smallest absolute Gasteiger partial charge is 0.338 e. The summed E-state index contributed by atoms with van der Waals surface area (Å²) in [6.07, 6.45) is 1.79. The van der Waals surface area contributed by atoms with Gasteiger partial charge < -0.3 is 19.1 Å². The fourth-order valence-corrected chi connectivity index (χ4v) is 4.24. The van der Waals surface area contributed by atoms with E-state index in [-0.39, 0.29) is 17.2 Å². The van der Waals surface area contributed by atoms with E-state index in [1.807, 2.05) is 13.8 Å². The van der Waals surface area contributed by atoms with E-state index in [0.717, 1.165) is 19.3 Å². The molecule has 0 spiro atoms. The Hall–Kier alpha value is -3.01. The van der Waals surface area contributed by atoms with Crippen molar-refractivity contribution in [1.82, 2.24) is 15.1 Å². The van der Waals surface area contributed by atoms with Gasteiger partial charge in [0.25, 0.3) is 5.91 Å². The van der Waals surface area contributed by atoms with Crippen molar-refractivity contribution in [2.75, 3.05) is 33.9 Å². The Balaban J connectivity index is 1.81. The summed E-state index contributed by atoms with van der Waals surface area (Å²) in [6, 6.07) is 1.81. The van der Waals surface area contributed by atoms with Crippen molar-refractivity contribution in [1.29, 1.82) is 0 Å². The molecule has 1 aromatic carbocycles. The molecule has 10 nitrogen and oxygen atoms in total. The van der Waals surface area contributed by atoms with Gasteiger partial charge >= 0.3 is 12.0 Å². The third-order valence-corrected chi connectivity index (χ3v) is 5.81. The van der Waals surface area contributed by atoms with Crippen molar-refractivity contribution >= 4 is 35.3 Å². The second-order valence-electron chi connectivity index (χ2n) is 7.71. The van der Waals surface area contributed by atoms with Gasteiger partial charge in [0.1, 0.15) is 12.4 Å². The quantitative estimate of drug-likeness (QED) is 0.512. The van der Waals surface area contributed by atoms with E-state index in [0.29, 0.717) is 30.4 Å². The topological polar surface area (TPSA) is 110 Å². The molecule has 0 aromatic heterocycles. The zero-order chi connectivity index (χ0) is 24.1. The normalized spacial score (nSPS) is 19.7. The first-order valence-electron chi connectivity index (χ1n) is 10.9. The Labute approximate surface area is 197 Å². The van der Waals surface area contributed by atoms with E-state index >= 15 is 0 Å². The van der Waals surface area contributed by atoms with Crippen molar-refractivity contribution in [3.05, 3.63) is 22.7 Å². The number of nitrogens with one attached hydrogen (secondary N) is 1. The molecule has 2 heterocycles. The van der Waals surface area contributed by atoms with Crippen LogP contribution in [0.4, 0.5) is 4.79 Å². The fraction of sp³-hybridized carbons (Fsp3) is 0.545. The molecule has 2 atom stereocenters. The van der Waals surface area contributed by atoms with E-state index < -0.39 is 30.1 Å². The van der Waals surface area contributed by atoms with Crippen LogP contribution in [-0.2, 0) is 9.53 Å². The first-order chi connectivity index (χ1) is 15.9. The lowest BCUT2D eigenvalue weighted by Gasteiger charge is -2.38. The van der Waals surface area contributed by atoms with Crippen LogP contribution < -0.4 is 14.8 Å². The number of rotatable bonds is 10. The number of ether oxygens (including phenoxy) is 3. The number of urea groups is 1. The summed E-state index contributed by atoms with van der Waals surface area (Å²) in [7, 11) is 2.89. The van der Waals surface area contributed by atoms with Gasteiger partial charge in [-0.05, 0) is 25.0 Å². The molecule has 1 N–H and O–H groups in total. The number of hydrogen-bond donors (Lipinski definition) is 1. The van der Waals surface area contributed by atoms with Crippen LogP contribution in [-0.4, -0.2) is 79.7 Å². The number of carbonyl (C=O) groups excluding carboxylic acids is 3. The summed E-state index contributed by atoms with van der Waals surface area (Å²) in [4.78, 5) is 45.8. The van der Waals surface area contributed by atoms with Crippen LogP contribution in [0.25, 0.3) is 0 Å². The standard InChI is InChI=1S/C22H29ClN4O6/c1-5-7-9-27-19-17(20(28)25-22(27)30)26(8-6-2)16(24-19)12-33-21(29)13-10-14(23)18(32-4)15(11-13)31-3/h10-11,17,19H,5-9,12H2,1-4H3,(H,25,28,30). The van der Waals surface area contributed by atoms with Crippen molar-refractivity contribution in [2.45, 2.75) is 45.3 Å². The highest BCUT2D eigenvalue weighted by Crippen LogP contribution is 2.36. The van der Waals surface area contributed by atoms with Crippen molar-refractivity contribution in [2.24, 2.45) is 4.99 Å². The predicted molar refractivity (Wildman–Crippen MR) is 122 cm³/mol. The predicted octanol–water partition coefficient (Wildman–Crippen LogP) is 2.68. The fourth-order valence-electron chi connectivity index (χ4n) is 3.95. The molecule has 2 aliphatic heterocycles. The Morgan fingerprint density at radius 2 is 1.88 bits per heavy atom. The third-order valence-electron chi connectivity index (χ3n) is 5.53. The van der Waals surface area contributed by atoms with E-state index in [9.17, 15) is 14.4 Å². The van der Waals surface area contributed by atoms with Crippen molar-refractivity contribution < 1.29 is 28.6 Å². The first-order valence-corrected chi connectivity index (χ1v) is 11.3. The molecule has 180 valence electrons. The van der Waals surface area contributed by atoms with Gasteiger partial charge in [0, 0.05) is 13.1 Å². The molecule has 1 saturated heterocycles. The number of fused-ring (bicyclic) bond motifs is 1. The van der Waals surface area contributed by atoms with Crippen LogP contribution in [0.2, 0.25) is 5.02 Å². The molecule has 2 aliphatic rings. The highest BCUT2D eigenvalue weighted by molar-refractivity contribution is 6.32. The van der Waals surface area contributed by atoms with E-state index in [2.05, 4.69) is 10.3 Å². The van der Waals surface area contributed by atoms with Crippen LogP contribution in [0.5, 0.6) is 11.5 Å². The lowest BCUT2D eigenvalue weighted by atomic mass is 10.1. The zero-order valence-corrected chi connectivity index (χ0v) is 20.0. The summed E-state index contributed by atoms with van der Waals surface area (Å²) in [6.45, 7) is 4.86. The lowest BCUT2D eigenvalue weighted by molar-refractivity contribution is -0.127. The van der Waals surface area contributed by atoms with Crippen LogP contribution in [0.1, 0.15) is 43.5 Å². The molecule has 0 radical (unpaired) electrons. The monoisotopic (exact) mass is 480 g/mol. The van der Waals surface area contributed by atoms with Crippen LogP contribution in [0.3, 0.4) is 0 Å². The maximum atomic E-state index is 12.7. The molecule has 0 bridgehead atoms. The number of unbranched alkanes of at least 4 members (excludes halogenated alkanes) is 1. The Bertz CT molecular complexity index is 953. The Morgan fingerprint density at radius 3 is 2.52 bits per heavy atom. The first kappa shape index (κ1) is 24.6. The molecule has 11 heteroatoms. The Morgan fingerprint density at radius 1 is 1.12 bits per heavy atom. The van der Waals surface area contributed by atoms with Gasteiger partial charge in [-0.25, -0.2) is 14.6 Å². The number of amides is 3. The lowest BCUT2D eigenvalue weighted by Crippen LogP contribution is -2.65. The molecule has 3 amide bonds. The van der Waals surface area contributed by atoms with E-state index in [4.69, 9.17) is 25.8 Å². The summed E-state index contributed by atoms with van der Waals surface area (Å²) >= 11 is 6.19.